The zero-order valence-corrected chi connectivity index (χ0v) is 14.7. The summed E-state index contributed by atoms with van der Waals surface area (Å²) in [6.07, 6.45) is -0.551. The number of rotatable bonds is 4. The van der Waals surface area contributed by atoms with Gasteiger partial charge in [-0.25, -0.2) is 9.50 Å². The van der Waals surface area contributed by atoms with Crippen LogP contribution in [0.15, 0.2) is 30.5 Å². The molecule has 0 bridgehead atoms. The second kappa shape index (κ2) is 6.88. The van der Waals surface area contributed by atoms with E-state index in [0.29, 0.717) is 22.1 Å². The van der Waals surface area contributed by atoms with Crippen molar-refractivity contribution < 1.29 is 13.2 Å². The zero-order chi connectivity index (χ0) is 18.1. The summed E-state index contributed by atoms with van der Waals surface area (Å²) in [5, 5.41) is 11.9. The molecule has 2 aromatic heterocycles. The average molecular weight is 381 g/mol. The predicted molar refractivity (Wildman–Crippen MR) is 95.4 cm³/mol. The number of fused-ring (bicyclic) bond motifs is 1. The highest BCUT2D eigenvalue weighted by molar-refractivity contribution is 7.20. The molecule has 138 valence electrons. The summed E-state index contributed by atoms with van der Waals surface area (Å²) in [5.41, 5.74) is 0.323. The second-order valence-corrected chi connectivity index (χ2v) is 7.35. The van der Waals surface area contributed by atoms with Gasteiger partial charge in [-0.05, 0) is 44.0 Å². The first-order chi connectivity index (χ1) is 12.5. The van der Waals surface area contributed by atoms with Crippen LogP contribution in [0.25, 0.3) is 16.2 Å². The maximum Gasteiger partial charge on any atom is 0.416 e. The normalized spacial score (nSPS) is 16.3. The van der Waals surface area contributed by atoms with Gasteiger partial charge < -0.3 is 10.6 Å². The van der Waals surface area contributed by atoms with Crippen LogP contribution in [0.4, 0.5) is 18.3 Å². The Bertz CT molecular complexity index is 895. The van der Waals surface area contributed by atoms with Crippen molar-refractivity contribution in [3.8, 4) is 11.3 Å². The van der Waals surface area contributed by atoms with Crippen LogP contribution in [0.5, 0.6) is 0 Å². The summed E-state index contributed by atoms with van der Waals surface area (Å²) in [5.74, 6) is 0.607. The van der Waals surface area contributed by atoms with Crippen molar-refractivity contribution in [3.63, 3.8) is 0 Å². The molecule has 3 heterocycles. The molecule has 26 heavy (non-hydrogen) atoms. The van der Waals surface area contributed by atoms with Gasteiger partial charge in [-0.15, -0.1) is 5.10 Å². The van der Waals surface area contributed by atoms with E-state index in [-0.39, 0.29) is 0 Å². The third kappa shape index (κ3) is 3.54. The SMILES string of the molecule is FC(F)(F)c1cccc(-c2cnc3sc(NCC4CCNCC4)nn23)c1. The van der Waals surface area contributed by atoms with Crippen molar-refractivity contribution in [2.75, 3.05) is 25.0 Å². The molecule has 1 aliphatic rings. The van der Waals surface area contributed by atoms with E-state index in [1.807, 2.05) is 0 Å². The lowest BCUT2D eigenvalue weighted by atomic mass is 9.98. The molecule has 1 aromatic carbocycles. The van der Waals surface area contributed by atoms with Crippen LogP contribution in [-0.2, 0) is 6.18 Å². The number of halogens is 3. The quantitative estimate of drug-likeness (QED) is 0.720. The van der Waals surface area contributed by atoms with E-state index >= 15 is 0 Å². The number of nitrogens with zero attached hydrogens (tertiary/aromatic N) is 3. The smallest absolute Gasteiger partial charge is 0.360 e. The zero-order valence-electron chi connectivity index (χ0n) is 13.9. The molecule has 5 nitrogen and oxygen atoms in total. The number of imidazole rings is 1. The minimum absolute atomic E-state index is 0.447. The first kappa shape index (κ1) is 17.3. The van der Waals surface area contributed by atoms with Crippen LogP contribution in [0, 0.1) is 5.92 Å². The third-order valence-corrected chi connectivity index (χ3v) is 5.45. The number of benzene rings is 1. The van der Waals surface area contributed by atoms with Crippen molar-refractivity contribution in [2.24, 2.45) is 5.92 Å². The highest BCUT2D eigenvalue weighted by Crippen LogP contribution is 2.33. The van der Waals surface area contributed by atoms with E-state index in [1.165, 1.54) is 17.4 Å². The highest BCUT2D eigenvalue weighted by atomic mass is 32.1. The molecule has 0 aliphatic carbocycles. The van der Waals surface area contributed by atoms with Crippen molar-refractivity contribution in [3.05, 3.63) is 36.0 Å². The molecule has 1 aliphatic heterocycles. The van der Waals surface area contributed by atoms with E-state index in [9.17, 15) is 13.2 Å². The topological polar surface area (TPSA) is 54.2 Å². The molecule has 0 amide bonds. The van der Waals surface area contributed by atoms with Gasteiger partial charge in [0.1, 0.15) is 0 Å². The van der Waals surface area contributed by atoms with Crippen LogP contribution in [0.1, 0.15) is 18.4 Å². The van der Waals surface area contributed by atoms with Crippen LogP contribution >= 0.6 is 11.3 Å². The number of hydrogen-bond donors (Lipinski definition) is 2. The summed E-state index contributed by atoms with van der Waals surface area (Å²) in [7, 11) is 0. The van der Waals surface area contributed by atoms with Crippen LogP contribution in [0.3, 0.4) is 0 Å². The van der Waals surface area contributed by atoms with E-state index in [0.717, 1.165) is 49.7 Å². The lowest BCUT2D eigenvalue weighted by Crippen LogP contribution is -2.31. The summed E-state index contributed by atoms with van der Waals surface area (Å²) in [6.45, 7) is 2.91. The predicted octanol–water partition coefficient (Wildman–Crippen LogP) is 3.89. The number of alkyl halides is 3. The Hall–Kier alpha value is -2.13. The molecule has 3 aromatic rings. The van der Waals surface area contributed by atoms with Gasteiger partial charge in [-0.3, -0.25) is 0 Å². The third-order valence-electron chi connectivity index (χ3n) is 4.57. The van der Waals surface area contributed by atoms with Gasteiger partial charge in [-0.1, -0.05) is 23.5 Å². The maximum absolute atomic E-state index is 13.0. The van der Waals surface area contributed by atoms with E-state index in [1.54, 1.807) is 16.8 Å². The largest absolute Gasteiger partial charge is 0.416 e. The highest BCUT2D eigenvalue weighted by Gasteiger charge is 2.30. The molecule has 0 unspecified atom stereocenters. The number of piperidine rings is 1. The maximum atomic E-state index is 13.0. The Morgan fingerprint density at radius 3 is 2.85 bits per heavy atom. The molecule has 1 saturated heterocycles. The molecule has 1 fully saturated rings. The van der Waals surface area contributed by atoms with Gasteiger partial charge in [0.05, 0.1) is 17.5 Å². The van der Waals surface area contributed by atoms with E-state index in [4.69, 9.17) is 0 Å². The van der Waals surface area contributed by atoms with Gasteiger partial charge in [0.2, 0.25) is 10.1 Å². The Morgan fingerprint density at radius 1 is 1.27 bits per heavy atom. The summed E-state index contributed by atoms with van der Waals surface area (Å²) < 4.78 is 40.5. The summed E-state index contributed by atoms with van der Waals surface area (Å²) in [6, 6.07) is 5.24. The molecule has 0 radical (unpaired) electrons. The van der Waals surface area contributed by atoms with Gasteiger partial charge in [0, 0.05) is 12.1 Å². The van der Waals surface area contributed by atoms with Crippen LogP contribution in [-0.4, -0.2) is 34.2 Å². The fourth-order valence-corrected chi connectivity index (χ4v) is 3.92. The first-order valence-electron chi connectivity index (χ1n) is 8.47. The fourth-order valence-electron chi connectivity index (χ4n) is 3.13. The van der Waals surface area contributed by atoms with Gasteiger partial charge in [0.15, 0.2) is 0 Å². The fraction of sp³-hybridized carbons (Fsp3) is 0.412. The second-order valence-electron chi connectivity index (χ2n) is 6.40. The Kier molecular flexibility index (Phi) is 4.58. The molecule has 2 N–H and O–H groups in total. The number of hydrogen-bond acceptors (Lipinski definition) is 5. The van der Waals surface area contributed by atoms with E-state index < -0.39 is 11.7 Å². The standard InChI is InChI=1S/C17H18F3N5S/c18-17(19,20)13-3-1-2-12(8-13)14-10-23-16-25(14)24-15(26-16)22-9-11-4-6-21-7-5-11/h1-3,8,10-11,21H,4-7,9H2,(H,22,24). The monoisotopic (exact) mass is 381 g/mol. The van der Waals surface area contributed by atoms with Crippen molar-refractivity contribution in [2.45, 2.75) is 19.0 Å². The van der Waals surface area contributed by atoms with Crippen LogP contribution in [0.2, 0.25) is 0 Å². The Morgan fingerprint density at radius 2 is 2.08 bits per heavy atom. The minimum Gasteiger partial charge on any atom is -0.360 e. The van der Waals surface area contributed by atoms with Gasteiger partial charge in [-0.2, -0.15) is 13.2 Å². The number of anilines is 1. The van der Waals surface area contributed by atoms with Crippen molar-refractivity contribution in [1.82, 2.24) is 19.9 Å². The van der Waals surface area contributed by atoms with Crippen molar-refractivity contribution in [1.29, 1.82) is 0 Å². The first-order valence-corrected chi connectivity index (χ1v) is 9.29. The minimum atomic E-state index is -4.37. The van der Waals surface area contributed by atoms with Crippen molar-refractivity contribution >= 4 is 21.4 Å². The number of nitrogens with one attached hydrogen (secondary N) is 2. The van der Waals surface area contributed by atoms with Crippen LogP contribution < -0.4 is 10.6 Å². The molecular formula is C17H18F3N5S. The summed E-state index contributed by atoms with van der Waals surface area (Å²) in [4.78, 5) is 4.95. The Balaban J connectivity index is 1.56. The molecule has 0 saturated carbocycles. The number of aromatic nitrogens is 3. The summed E-state index contributed by atoms with van der Waals surface area (Å²) >= 11 is 1.40. The average Bonchev–Trinajstić information content (AvgIpc) is 3.20. The lowest BCUT2D eigenvalue weighted by Gasteiger charge is -2.22. The molecule has 0 spiro atoms. The van der Waals surface area contributed by atoms with Gasteiger partial charge >= 0.3 is 6.18 Å². The molecule has 4 rings (SSSR count). The lowest BCUT2D eigenvalue weighted by molar-refractivity contribution is -0.137. The molecule has 0 atom stereocenters. The van der Waals surface area contributed by atoms with E-state index in [2.05, 4.69) is 20.7 Å². The Labute approximate surface area is 152 Å². The molecule has 9 heteroatoms. The molecular weight excluding hydrogens is 363 g/mol. The van der Waals surface area contributed by atoms with Gasteiger partial charge in [0.25, 0.3) is 0 Å².